The molecule has 1 unspecified atom stereocenters. The van der Waals surface area contributed by atoms with Crippen LogP contribution in [-0.2, 0) is 9.36 Å². The fourth-order valence-corrected chi connectivity index (χ4v) is 3.40. The minimum atomic E-state index is -4.19. The number of carbonyl (C=O) groups excluding carboxylic acids is 1. The number of rotatable bonds is 1. The van der Waals surface area contributed by atoms with Crippen molar-refractivity contribution >= 4 is 13.4 Å². The van der Waals surface area contributed by atoms with E-state index in [1.807, 2.05) is 13.8 Å². The zero-order valence-corrected chi connectivity index (χ0v) is 9.67. The van der Waals surface area contributed by atoms with E-state index < -0.39 is 12.8 Å². The van der Waals surface area contributed by atoms with Crippen molar-refractivity contribution in [1.29, 1.82) is 0 Å². The Hall–Kier alpha value is -0.180. The van der Waals surface area contributed by atoms with Crippen LogP contribution >= 0.6 is 7.60 Å². The molecule has 0 aromatic rings. The minimum absolute atomic E-state index is 0.000702. The van der Waals surface area contributed by atoms with Crippen LogP contribution in [0.2, 0.25) is 0 Å². The summed E-state index contributed by atoms with van der Waals surface area (Å²) in [6.45, 7) is 5.25. The zero-order valence-electron chi connectivity index (χ0n) is 8.78. The number of hydrogen-bond donors (Lipinski definition) is 2. The number of Topliss-reactive ketones (excluding diaryl/α,β-unsaturated/α-hetero) is 1. The van der Waals surface area contributed by atoms with Crippen LogP contribution in [-0.4, -0.2) is 20.7 Å². The predicted octanol–water partition coefficient (Wildman–Crippen LogP) is 1.70. The summed E-state index contributed by atoms with van der Waals surface area (Å²) in [4.78, 5) is 29.8. The molecule has 0 amide bonds. The lowest BCUT2D eigenvalue weighted by Crippen LogP contribution is -2.40. The molecule has 1 saturated carbocycles. The van der Waals surface area contributed by atoms with E-state index in [9.17, 15) is 19.1 Å². The van der Waals surface area contributed by atoms with E-state index in [1.54, 1.807) is 0 Å². The van der Waals surface area contributed by atoms with E-state index >= 15 is 0 Å². The Morgan fingerprint density at radius 1 is 1.21 bits per heavy atom. The van der Waals surface area contributed by atoms with Crippen LogP contribution in [0.25, 0.3) is 0 Å². The molecular weight excluding hydrogens is 203 g/mol. The molecule has 1 aliphatic carbocycles. The zero-order chi connectivity index (χ0) is 11.2. The van der Waals surface area contributed by atoms with Crippen molar-refractivity contribution in [2.75, 3.05) is 0 Å². The van der Waals surface area contributed by atoms with E-state index in [1.165, 1.54) is 6.92 Å². The first-order valence-corrected chi connectivity index (χ1v) is 6.24. The van der Waals surface area contributed by atoms with Crippen molar-refractivity contribution in [1.82, 2.24) is 0 Å². The van der Waals surface area contributed by atoms with Gasteiger partial charge >= 0.3 is 7.60 Å². The number of hydrogen-bond acceptors (Lipinski definition) is 2. The molecule has 2 N–H and O–H groups in total. The summed E-state index contributed by atoms with van der Waals surface area (Å²) >= 11 is 0. The van der Waals surface area contributed by atoms with Gasteiger partial charge in [0.2, 0.25) is 0 Å². The summed E-state index contributed by atoms with van der Waals surface area (Å²) in [5.41, 5.74) is -0.300. The van der Waals surface area contributed by atoms with Crippen molar-refractivity contribution in [3.8, 4) is 0 Å². The first-order valence-electron chi connectivity index (χ1n) is 4.63. The van der Waals surface area contributed by atoms with Crippen molar-refractivity contribution in [3.05, 3.63) is 0 Å². The first kappa shape index (κ1) is 11.9. The molecule has 4 nitrogen and oxygen atoms in total. The van der Waals surface area contributed by atoms with E-state index in [0.717, 1.165) is 0 Å². The third-order valence-corrected chi connectivity index (χ3v) is 4.54. The molecule has 1 aliphatic rings. The highest BCUT2D eigenvalue weighted by molar-refractivity contribution is 7.53. The van der Waals surface area contributed by atoms with E-state index in [4.69, 9.17) is 0 Å². The average Bonchev–Trinajstić information content (AvgIpc) is 1.76. The largest absolute Gasteiger partial charge is 0.331 e. The van der Waals surface area contributed by atoms with Gasteiger partial charge in [0.05, 0.1) is 5.16 Å². The Kier molecular flexibility index (Phi) is 2.68. The van der Waals surface area contributed by atoms with Crippen molar-refractivity contribution < 1.29 is 19.1 Å². The maximum Gasteiger partial charge on any atom is 0.331 e. The van der Waals surface area contributed by atoms with Crippen LogP contribution in [0, 0.1) is 5.41 Å². The summed E-state index contributed by atoms with van der Waals surface area (Å²) < 4.78 is 11.3. The van der Waals surface area contributed by atoms with Crippen LogP contribution in [0.15, 0.2) is 0 Å². The van der Waals surface area contributed by atoms with Crippen molar-refractivity contribution in [2.45, 2.75) is 45.2 Å². The van der Waals surface area contributed by atoms with Crippen LogP contribution in [0.1, 0.15) is 40.0 Å². The highest BCUT2D eigenvalue weighted by atomic mass is 31.2. The van der Waals surface area contributed by atoms with Gasteiger partial charge in [0.1, 0.15) is 5.78 Å². The summed E-state index contributed by atoms with van der Waals surface area (Å²) in [5, 5.41) is -1.16. The lowest BCUT2D eigenvalue weighted by molar-refractivity contribution is -0.124. The Balaban J connectivity index is 3.02. The third kappa shape index (κ3) is 2.25. The van der Waals surface area contributed by atoms with E-state index in [2.05, 4.69) is 0 Å². The van der Waals surface area contributed by atoms with E-state index in [0.29, 0.717) is 12.8 Å². The molecule has 0 bridgehead atoms. The molecule has 1 rings (SSSR count). The molecule has 0 aromatic heterocycles. The Labute approximate surface area is 83.9 Å². The van der Waals surface area contributed by atoms with Crippen LogP contribution in [0.4, 0.5) is 0 Å². The molecule has 0 radical (unpaired) electrons. The van der Waals surface area contributed by atoms with Gasteiger partial charge in [-0.2, -0.15) is 0 Å². The number of carbonyl (C=O) groups is 1. The summed E-state index contributed by atoms with van der Waals surface area (Å²) in [7, 11) is -4.19. The van der Waals surface area contributed by atoms with Crippen LogP contribution < -0.4 is 0 Å². The highest BCUT2D eigenvalue weighted by Crippen LogP contribution is 2.59. The summed E-state index contributed by atoms with van der Waals surface area (Å²) in [6.07, 6.45) is 0.819. The van der Waals surface area contributed by atoms with Crippen molar-refractivity contribution in [3.63, 3.8) is 0 Å². The quantitative estimate of drug-likeness (QED) is 0.659. The second-order valence-electron chi connectivity index (χ2n) is 5.27. The van der Waals surface area contributed by atoms with Crippen LogP contribution in [0.3, 0.4) is 0 Å². The van der Waals surface area contributed by atoms with Gasteiger partial charge in [-0.15, -0.1) is 0 Å². The lowest BCUT2D eigenvalue weighted by Gasteiger charge is -2.41. The summed E-state index contributed by atoms with van der Waals surface area (Å²) in [5.74, 6) is -0.0490. The van der Waals surface area contributed by atoms with Gasteiger partial charge in [0, 0.05) is 12.8 Å². The van der Waals surface area contributed by atoms with Crippen molar-refractivity contribution in [2.24, 2.45) is 5.41 Å². The van der Waals surface area contributed by atoms with Gasteiger partial charge in [0.25, 0.3) is 0 Å². The molecule has 0 saturated heterocycles. The van der Waals surface area contributed by atoms with Gasteiger partial charge in [-0.1, -0.05) is 13.8 Å². The molecular formula is C9H17O4P. The lowest BCUT2D eigenvalue weighted by atomic mass is 9.72. The molecule has 1 atom stereocenters. The standard InChI is InChI=1S/C9H17O4P/c1-8(2)4-7(10)5-9(3,6-8)14(11,12)13/h4-6H2,1-3H3,(H2,11,12,13). The monoisotopic (exact) mass is 220 g/mol. The molecule has 0 aromatic carbocycles. The Morgan fingerprint density at radius 3 is 2.07 bits per heavy atom. The maximum absolute atomic E-state index is 11.4. The van der Waals surface area contributed by atoms with Crippen LogP contribution in [0.5, 0.6) is 0 Å². The average molecular weight is 220 g/mol. The Bertz CT molecular complexity index is 304. The normalized spacial score (nSPS) is 33.1. The SMILES string of the molecule is CC1(C)CC(=O)CC(C)(P(=O)(O)O)C1. The van der Waals surface area contributed by atoms with Gasteiger partial charge in [0.15, 0.2) is 0 Å². The Morgan fingerprint density at radius 2 is 1.71 bits per heavy atom. The topological polar surface area (TPSA) is 74.6 Å². The van der Waals surface area contributed by atoms with Gasteiger partial charge in [-0.05, 0) is 18.8 Å². The number of ketones is 1. The minimum Gasteiger partial charge on any atom is -0.324 e. The predicted molar refractivity (Wildman–Crippen MR) is 53.1 cm³/mol. The first-order chi connectivity index (χ1) is 6.06. The fraction of sp³-hybridized carbons (Fsp3) is 0.889. The molecule has 0 aliphatic heterocycles. The molecule has 82 valence electrons. The highest BCUT2D eigenvalue weighted by Gasteiger charge is 2.50. The summed E-state index contributed by atoms with van der Waals surface area (Å²) in [6, 6.07) is 0. The molecule has 0 spiro atoms. The second kappa shape index (κ2) is 3.16. The fourth-order valence-electron chi connectivity index (χ4n) is 2.38. The molecule has 1 fully saturated rings. The van der Waals surface area contributed by atoms with Gasteiger partial charge < -0.3 is 9.79 Å². The molecule has 14 heavy (non-hydrogen) atoms. The van der Waals surface area contributed by atoms with Gasteiger partial charge in [-0.25, -0.2) is 0 Å². The maximum atomic E-state index is 11.4. The smallest absolute Gasteiger partial charge is 0.324 e. The van der Waals surface area contributed by atoms with E-state index in [-0.39, 0.29) is 17.6 Å². The molecule has 0 heterocycles. The second-order valence-corrected chi connectivity index (χ2v) is 7.44. The molecule has 5 heteroatoms. The third-order valence-electron chi connectivity index (χ3n) is 2.82. The van der Waals surface area contributed by atoms with Gasteiger partial charge in [-0.3, -0.25) is 9.36 Å².